The fraction of sp³-hybridized carbons (Fsp3) is 0.455. The van der Waals surface area contributed by atoms with E-state index in [9.17, 15) is 10.1 Å². The molecule has 1 saturated carbocycles. The van der Waals surface area contributed by atoms with Crippen LogP contribution in [0.5, 0.6) is 0 Å². The molecule has 0 amide bonds. The van der Waals surface area contributed by atoms with E-state index in [0.717, 1.165) is 18.5 Å². The van der Waals surface area contributed by atoms with Gasteiger partial charge in [0, 0.05) is 17.8 Å². The van der Waals surface area contributed by atoms with E-state index in [4.69, 9.17) is 11.6 Å². The van der Waals surface area contributed by atoms with Gasteiger partial charge in [0.05, 0.1) is 4.92 Å². The molecular weight excluding hydrogens is 228 g/mol. The number of nitrogens with zero attached hydrogens (tertiary/aromatic N) is 1. The maximum Gasteiger partial charge on any atom is 0.289 e. The summed E-state index contributed by atoms with van der Waals surface area (Å²) in [4.78, 5) is 10.2. The fourth-order valence-electron chi connectivity index (χ4n) is 2.05. The minimum Gasteiger partial charge on any atom is -0.382 e. The lowest BCUT2D eigenvalue weighted by Gasteiger charge is -2.13. The number of halogens is 1. The highest BCUT2D eigenvalue weighted by Crippen LogP contribution is 2.29. The van der Waals surface area contributed by atoms with Gasteiger partial charge in [0.25, 0.3) is 5.69 Å². The van der Waals surface area contributed by atoms with Crippen LogP contribution in [0.15, 0.2) is 18.2 Å². The molecule has 2 rings (SSSR count). The van der Waals surface area contributed by atoms with Crippen LogP contribution in [0.1, 0.15) is 25.7 Å². The molecule has 1 fully saturated rings. The Labute approximate surface area is 98.8 Å². The zero-order valence-corrected chi connectivity index (χ0v) is 9.54. The lowest BCUT2D eigenvalue weighted by molar-refractivity contribution is -0.384. The summed E-state index contributed by atoms with van der Waals surface area (Å²) in [6, 6.07) is 5.30. The highest BCUT2D eigenvalue weighted by atomic mass is 35.5. The molecule has 0 saturated heterocycles. The number of hydrogen-bond acceptors (Lipinski definition) is 3. The minimum atomic E-state index is -0.456. The molecule has 5 heteroatoms. The van der Waals surface area contributed by atoms with Crippen LogP contribution in [0.3, 0.4) is 0 Å². The predicted molar refractivity (Wildman–Crippen MR) is 64.0 cm³/mol. The van der Waals surface area contributed by atoms with Gasteiger partial charge in [-0.3, -0.25) is 10.1 Å². The average molecular weight is 241 g/mol. The monoisotopic (exact) mass is 240 g/mol. The lowest BCUT2D eigenvalue weighted by atomic mass is 10.2. The second-order valence-electron chi connectivity index (χ2n) is 4.05. The van der Waals surface area contributed by atoms with Gasteiger partial charge in [0.15, 0.2) is 0 Å². The number of benzene rings is 1. The van der Waals surface area contributed by atoms with Gasteiger partial charge in [-0.2, -0.15) is 0 Å². The SMILES string of the molecule is O=[N+]([O-])c1cc(NC2CCCC2)ccc1Cl. The Kier molecular flexibility index (Phi) is 3.29. The van der Waals surface area contributed by atoms with E-state index >= 15 is 0 Å². The van der Waals surface area contributed by atoms with Crippen molar-refractivity contribution in [3.05, 3.63) is 33.3 Å². The van der Waals surface area contributed by atoms with E-state index in [1.165, 1.54) is 18.9 Å². The van der Waals surface area contributed by atoms with Crippen molar-refractivity contribution in [2.24, 2.45) is 0 Å². The van der Waals surface area contributed by atoms with E-state index in [0.29, 0.717) is 6.04 Å². The number of anilines is 1. The Bertz CT molecular complexity index is 403. The van der Waals surface area contributed by atoms with Gasteiger partial charge in [0.2, 0.25) is 0 Å². The predicted octanol–water partition coefficient (Wildman–Crippen LogP) is 3.60. The molecule has 0 heterocycles. The maximum atomic E-state index is 10.7. The molecule has 1 aromatic carbocycles. The maximum absolute atomic E-state index is 10.7. The third-order valence-electron chi connectivity index (χ3n) is 2.87. The van der Waals surface area contributed by atoms with Crippen LogP contribution in [0.25, 0.3) is 0 Å². The molecule has 1 aliphatic carbocycles. The van der Waals surface area contributed by atoms with E-state index in [-0.39, 0.29) is 10.7 Å². The molecule has 0 bridgehead atoms. The highest BCUT2D eigenvalue weighted by molar-refractivity contribution is 6.32. The molecule has 0 aromatic heterocycles. The molecule has 0 aliphatic heterocycles. The van der Waals surface area contributed by atoms with Gasteiger partial charge in [0.1, 0.15) is 5.02 Å². The van der Waals surface area contributed by atoms with Crippen molar-refractivity contribution in [2.75, 3.05) is 5.32 Å². The van der Waals surface area contributed by atoms with Gasteiger partial charge < -0.3 is 5.32 Å². The number of nitro groups is 1. The molecule has 16 heavy (non-hydrogen) atoms. The van der Waals surface area contributed by atoms with Crippen molar-refractivity contribution in [1.29, 1.82) is 0 Å². The average Bonchev–Trinajstić information content (AvgIpc) is 2.73. The van der Waals surface area contributed by atoms with Crippen LogP contribution in [0, 0.1) is 10.1 Å². The number of hydrogen-bond donors (Lipinski definition) is 1. The lowest BCUT2D eigenvalue weighted by Crippen LogP contribution is -2.14. The summed E-state index contributed by atoms with van der Waals surface area (Å²) in [5.41, 5.74) is 0.743. The number of nitro benzene ring substituents is 1. The summed E-state index contributed by atoms with van der Waals surface area (Å²) in [7, 11) is 0. The topological polar surface area (TPSA) is 55.2 Å². The smallest absolute Gasteiger partial charge is 0.289 e. The van der Waals surface area contributed by atoms with Crippen molar-refractivity contribution in [1.82, 2.24) is 0 Å². The van der Waals surface area contributed by atoms with Crippen LogP contribution < -0.4 is 5.32 Å². The van der Waals surface area contributed by atoms with Gasteiger partial charge in [-0.1, -0.05) is 24.4 Å². The molecule has 0 radical (unpaired) electrons. The van der Waals surface area contributed by atoms with Crippen molar-refractivity contribution in [3.8, 4) is 0 Å². The van der Waals surface area contributed by atoms with Crippen LogP contribution in [-0.2, 0) is 0 Å². The van der Waals surface area contributed by atoms with Gasteiger partial charge >= 0.3 is 0 Å². The second kappa shape index (κ2) is 4.70. The van der Waals surface area contributed by atoms with Crippen molar-refractivity contribution >= 4 is 23.0 Å². The quantitative estimate of drug-likeness (QED) is 0.649. The zero-order chi connectivity index (χ0) is 11.5. The van der Waals surface area contributed by atoms with Gasteiger partial charge in [-0.05, 0) is 25.0 Å². The van der Waals surface area contributed by atoms with Gasteiger partial charge in [-0.15, -0.1) is 0 Å². The molecule has 86 valence electrons. The summed E-state index contributed by atoms with van der Waals surface area (Å²) in [6.07, 6.45) is 4.73. The van der Waals surface area contributed by atoms with Crippen LogP contribution in [0.2, 0.25) is 5.02 Å². The number of rotatable bonds is 3. The first kappa shape index (κ1) is 11.2. The normalized spacial score (nSPS) is 16.3. The Morgan fingerprint density at radius 3 is 2.69 bits per heavy atom. The Hall–Kier alpha value is -1.29. The van der Waals surface area contributed by atoms with Crippen LogP contribution >= 0.6 is 11.6 Å². The molecule has 0 spiro atoms. The second-order valence-corrected chi connectivity index (χ2v) is 4.46. The van der Waals surface area contributed by atoms with Crippen molar-refractivity contribution in [3.63, 3.8) is 0 Å². The van der Waals surface area contributed by atoms with Gasteiger partial charge in [-0.25, -0.2) is 0 Å². The third-order valence-corrected chi connectivity index (χ3v) is 3.19. The molecule has 4 nitrogen and oxygen atoms in total. The zero-order valence-electron chi connectivity index (χ0n) is 8.78. The van der Waals surface area contributed by atoms with Crippen molar-refractivity contribution < 1.29 is 4.92 Å². The largest absolute Gasteiger partial charge is 0.382 e. The summed E-state index contributed by atoms with van der Waals surface area (Å²) < 4.78 is 0. The first-order valence-electron chi connectivity index (χ1n) is 5.37. The first-order valence-corrected chi connectivity index (χ1v) is 5.75. The molecule has 1 aliphatic rings. The summed E-state index contributed by atoms with van der Waals surface area (Å²) >= 11 is 5.74. The molecular formula is C11H13ClN2O2. The summed E-state index contributed by atoms with van der Waals surface area (Å²) in [6.45, 7) is 0. The first-order chi connectivity index (χ1) is 7.66. The summed E-state index contributed by atoms with van der Waals surface area (Å²) in [5, 5.41) is 14.2. The number of nitrogens with one attached hydrogen (secondary N) is 1. The van der Waals surface area contributed by atoms with Crippen molar-refractivity contribution in [2.45, 2.75) is 31.7 Å². The summed E-state index contributed by atoms with van der Waals surface area (Å²) in [5.74, 6) is 0. The third kappa shape index (κ3) is 2.44. The van der Waals surface area contributed by atoms with E-state index in [1.807, 2.05) is 0 Å². The van der Waals surface area contributed by atoms with E-state index in [2.05, 4.69) is 5.32 Å². The standard InChI is InChI=1S/C11H13ClN2O2/c12-10-6-5-9(7-11(10)14(15)16)13-8-3-1-2-4-8/h5-8,13H,1-4H2. The van der Waals surface area contributed by atoms with E-state index < -0.39 is 4.92 Å². The Morgan fingerprint density at radius 2 is 2.06 bits per heavy atom. The van der Waals surface area contributed by atoms with E-state index in [1.54, 1.807) is 12.1 Å². The molecule has 1 N–H and O–H groups in total. The Balaban J connectivity index is 2.15. The molecule has 1 aromatic rings. The van der Waals surface area contributed by atoms with Crippen LogP contribution in [0.4, 0.5) is 11.4 Å². The fourth-order valence-corrected chi connectivity index (χ4v) is 2.23. The van der Waals surface area contributed by atoms with Crippen LogP contribution in [-0.4, -0.2) is 11.0 Å². The molecule has 0 unspecified atom stereocenters. The highest BCUT2D eigenvalue weighted by Gasteiger charge is 2.17. The Morgan fingerprint density at radius 1 is 1.38 bits per heavy atom. The molecule has 0 atom stereocenters. The minimum absolute atomic E-state index is 0.0373.